The number of nitrogens with zero attached hydrogens (tertiary/aromatic N) is 2. The monoisotopic (exact) mass is 252 g/mol. The third-order valence-electron chi connectivity index (χ3n) is 3.42. The van der Waals surface area contributed by atoms with Crippen LogP contribution in [0.2, 0.25) is 0 Å². The van der Waals surface area contributed by atoms with Crippen molar-refractivity contribution in [2.24, 2.45) is 0 Å². The molecule has 2 heterocycles. The molecule has 0 saturated carbocycles. The van der Waals surface area contributed by atoms with Gasteiger partial charge in [0, 0.05) is 6.54 Å². The van der Waals surface area contributed by atoms with E-state index in [2.05, 4.69) is 29.4 Å². The predicted molar refractivity (Wildman–Crippen MR) is 72.0 cm³/mol. The summed E-state index contributed by atoms with van der Waals surface area (Å²) in [6.45, 7) is 4.59. The molecule has 0 aromatic carbocycles. The Morgan fingerprint density at radius 1 is 1.12 bits per heavy atom. The van der Waals surface area contributed by atoms with Crippen molar-refractivity contribution in [2.75, 3.05) is 32.7 Å². The summed E-state index contributed by atoms with van der Waals surface area (Å²) in [6, 6.07) is 0. The molecule has 0 aromatic rings. The average molecular weight is 252 g/mol. The lowest BCUT2D eigenvalue weighted by atomic mass is 10.1. The molecule has 4 heteroatoms. The Hall–Kier alpha value is -0.660. The van der Waals surface area contributed by atoms with Crippen molar-refractivity contribution in [2.45, 2.75) is 30.9 Å². The van der Waals surface area contributed by atoms with Crippen LogP contribution in [0.3, 0.4) is 0 Å². The number of piperidine rings is 1. The molecule has 94 valence electrons. The van der Waals surface area contributed by atoms with Gasteiger partial charge in [0.25, 0.3) is 0 Å². The largest absolute Gasteiger partial charge is 0.331 e. The highest BCUT2D eigenvalue weighted by molar-refractivity contribution is 7.81. The number of hydrogen-bond acceptors (Lipinski definition) is 3. The minimum Gasteiger partial charge on any atom is -0.331 e. The third-order valence-corrected chi connectivity index (χ3v) is 3.89. The summed E-state index contributed by atoms with van der Waals surface area (Å²) in [6.07, 6.45) is 4.81. The molecule has 1 atom stereocenters. The Labute approximate surface area is 109 Å². The van der Waals surface area contributed by atoms with Gasteiger partial charge in [-0.05, 0) is 32.4 Å². The van der Waals surface area contributed by atoms with Crippen LogP contribution < -0.4 is 0 Å². The number of carbonyl (C=O) groups excluding carboxylic acids is 1. The van der Waals surface area contributed by atoms with Crippen molar-refractivity contribution in [3.63, 3.8) is 0 Å². The molecule has 2 rings (SSSR count). The van der Waals surface area contributed by atoms with Crippen LogP contribution in [0, 0.1) is 11.8 Å². The Kier molecular flexibility index (Phi) is 4.75. The van der Waals surface area contributed by atoms with Crippen LogP contribution in [0.4, 0.5) is 0 Å². The van der Waals surface area contributed by atoms with Crippen molar-refractivity contribution in [1.82, 2.24) is 9.80 Å². The predicted octanol–water partition coefficient (Wildman–Crippen LogP) is 1.01. The minimum absolute atomic E-state index is 0.0982. The van der Waals surface area contributed by atoms with Crippen molar-refractivity contribution >= 4 is 18.5 Å². The molecule has 0 bridgehead atoms. The lowest BCUT2D eigenvalue weighted by Crippen LogP contribution is -2.30. The Balaban J connectivity index is 1.69. The molecular weight excluding hydrogens is 232 g/mol. The zero-order chi connectivity index (χ0) is 12.1. The fourth-order valence-corrected chi connectivity index (χ4v) is 2.59. The number of rotatable bonds is 2. The van der Waals surface area contributed by atoms with E-state index >= 15 is 0 Å². The smallest absolute Gasteiger partial charge is 0.236 e. The first-order valence-corrected chi connectivity index (χ1v) is 6.94. The van der Waals surface area contributed by atoms with E-state index in [0.717, 1.165) is 19.5 Å². The normalized spacial score (nSPS) is 25.8. The number of likely N-dealkylation sites (tertiary alicyclic amines) is 2. The molecule has 0 radical (unpaired) electrons. The molecule has 0 aromatic heterocycles. The van der Waals surface area contributed by atoms with E-state index in [1.54, 1.807) is 4.90 Å². The maximum absolute atomic E-state index is 11.6. The standard InChI is InChI=1S/C13H20N2OS/c16-13-12(17)6-11-15(13)10-5-4-9-14-7-2-1-3-8-14/h12,17H,1-3,6-11H2. The van der Waals surface area contributed by atoms with Crippen LogP contribution in [0.5, 0.6) is 0 Å². The second-order valence-electron chi connectivity index (χ2n) is 4.75. The fraction of sp³-hybridized carbons (Fsp3) is 0.769. The van der Waals surface area contributed by atoms with Gasteiger partial charge in [-0.1, -0.05) is 18.3 Å². The van der Waals surface area contributed by atoms with Crippen molar-refractivity contribution < 1.29 is 4.79 Å². The van der Waals surface area contributed by atoms with Crippen LogP contribution in [-0.2, 0) is 4.79 Å². The number of thiol groups is 1. The second kappa shape index (κ2) is 6.32. The summed E-state index contributed by atoms with van der Waals surface area (Å²) < 4.78 is 0. The van der Waals surface area contributed by atoms with Gasteiger partial charge in [-0.2, -0.15) is 12.6 Å². The second-order valence-corrected chi connectivity index (χ2v) is 5.38. The van der Waals surface area contributed by atoms with Gasteiger partial charge in [-0.15, -0.1) is 0 Å². The SMILES string of the molecule is O=C1C(S)CCN1CC#CCN1CCCCC1. The Bertz CT molecular complexity index is 328. The molecule has 17 heavy (non-hydrogen) atoms. The summed E-state index contributed by atoms with van der Waals surface area (Å²) in [5.74, 6) is 6.42. The topological polar surface area (TPSA) is 23.6 Å². The maximum atomic E-state index is 11.6. The summed E-state index contributed by atoms with van der Waals surface area (Å²) >= 11 is 4.23. The molecule has 2 aliphatic heterocycles. The summed E-state index contributed by atoms with van der Waals surface area (Å²) in [5.41, 5.74) is 0. The van der Waals surface area contributed by atoms with Gasteiger partial charge in [0.2, 0.25) is 5.91 Å². The number of carbonyl (C=O) groups is 1. The van der Waals surface area contributed by atoms with Gasteiger partial charge >= 0.3 is 0 Å². The van der Waals surface area contributed by atoms with E-state index in [1.807, 2.05) is 0 Å². The van der Waals surface area contributed by atoms with Gasteiger partial charge in [0.05, 0.1) is 18.3 Å². The first-order chi connectivity index (χ1) is 8.27. The van der Waals surface area contributed by atoms with E-state index in [0.29, 0.717) is 6.54 Å². The van der Waals surface area contributed by atoms with Crippen LogP contribution in [0.15, 0.2) is 0 Å². The lowest BCUT2D eigenvalue weighted by Gasteiger charge is -2.23. The molecular formula is C13H20N2OS. The van der Waals surface area contributed by atoms with E-state index < -0.39 is 0 Å². The fourth-order valence-electron chi connectivity index (χ4n) is 2.32. The first kappa shape index (κ1) is 12.8. The van der Waals surface area contributed by atoms with E-state index in [1.165, 1.54) is 32.4 Å². The van der Waals surface area contributed by atoms with Crippen molar-refractivity contribution in [3.8, 4) is 11.8 Å². The number of hydrogen-bond donors (Lipinski definition) is 1. The minimum atomic E-state index is -0.0982. The van der Waals surface area contributed by atoms with E-state index in [-0.39, 0.29) is 11.2 Å². The zero-order valence-corrected chi connectivity index (χ0v) is 11.1. The highest BCUT2D eigenvalue weighted by Gasteiger charge is 2.27. The van der Waals surface area contributed by atoms with Gasteiger partial charge in [-0.25, -0.2) is 0 Å². The van der Waals surface area contributed by atoms with E-state index in [9.17, 15) is 4.79 Å². The lowest BCUT2D eigenvalue weighted by molar-refractivity contribution is -0.126. The zero-order valence-electron chi connectivity index (χ0n) is 10.2. The van der Waals surface area contributed by atoms with Gasteiger partial charge in [-0.3, -0.25) is 9.69 Å². The molecule has 0 spiro atoms. The van der Waals surface area contributed by atoms with Gasteiger partial charge < -0.3 is 4.90 Å². The molecule has 2 saturated heterocycles. The van der Waals surface area contributed by atoms with Crippen molar-refractivity contribution in [3.05, 3.63) is 0 Å². The maximum Gasteiger partial charge on any atom is 0.236 e. The molecule has 0 N–H and O–H groups in total. The van der Waals surface area contributed by atoms with E-state index in [4.69, 9.17) is 0 Å². The summed E-state index contributed by atoms with van der Waals surface area (Å²) in [4.78, 5) is 15.8. The molecule has 0 aliphatic carbocycles. The summed E-state index contributed by atoms with van der Waals surface area (Å²) in [5, 5.41) is -0.0982. The van der Waals surface area contributed by atoms with Gasteiger partial charge in [0.1, 0.15) is 0 Å². The Morgan fingerprint density at radius 2 is 1.82 bits per heavy atom. The van der Waals surface area contributed by atoms with Crippen molar-refractivity contribution in [1.29, 1.82) is 0 Å². The highest BCUT2D eigenvalue weighted by Crippen LogP contribution is 2.15. The molecule has 2 aliphatic rings. The van der Waals surface area contributed by atoms with Gasteiger partial charge in [0.15, 0.2) is 0 Å². The number of amides is 1. The van der Waals surface area contributed by atoms with Crippen LogP contribution in [-0.4, -0.2) is 53.7 Å². The highest BCUT2D eigenvalue weighted by atomic mass is 32.1. The average Bonchev–Trinajstić information content (AvgIpc) is 2.67. The molecule has 3 nitrogen and oxygen atoms in total. The summed E-state index contributed by atoms with van der Waals surface area (Å²) in [7, 11) is 0. The van der Waals surface area contributed by atoms with Crippen LogP contribution >= 0.6 is 12.6 Å². The molecule has 1 amide bonds. The molecule has 1 unspecified atom stereocenters. The first-order valence-electron chi connectivity index (χ1n) is 6.42. The molecule has 2 fully saturated rings. The quantitative estimate of drug-likeness (QED) is 0.585. The third kappa shape index (κ3) is 3.65. The van der Waals surface area contributed by atoms with Crippen LogP contribution in [0.1, 0.15) is 25.7 Å². The Morgan fingerprint density at radius 3 is 2.47 bits per heavy atom. The van der Waals surface area contributed by atoms with Crippen LogP contribution in [0.25, 0.3) is 0 Å².